The van der Waals surface area contributed by atoms with Gasteiger partial charge >= 0.3 is 0 Å². The Labute approximate surface area is 429 Å². The first-order chi connectivity index (χ1) is 36.0. The van der Waals surface area contributed by atoms with Crippen LogP contribution in [0, 0.1) is 22.7 Å². The van der Waals surface area contributed by atoms with E-state index < -0.39 is 5.41 Å². The number of fused-ring (bicyclic) bond motifs is 17. The third-order valence-corrected chi connectivity index (χ3v) is 17.5. The van der Waals surface area contributed by atoms with Gasteiger partial charge in [0.1, 0.15) is 0 Å². The Morgan fingerprint density at radius 1 is 0.301 bits per heavy atom. The van der Waals surface area contributed by atoms with Crippen molar-refractivity contribution in [2.45, 2.75) is 5.41 Å². The molecule has 2 heterocycles. The molecular weight excluding hydrogens is 925 g/mol. The molecule has 0 saturated heterocycles. The quantitative estimate of drug-likeness (QED) is 0.167. The number of rotatable bonds is 6. The summed E-state index contributed by atoms with van der Waals surface area (Å²) < 4.78 is 5.00. The van der Waals surface area contributed by atoms with Gasteiger partial charge in [-0.3, -0.25) is 0 Å². The van der Waals surface area contributed by atoms with Crippen LogP contribution < -0.4 is 9.80 Å². The Balaban J connectivity index is 0.946. The lowest BCUT2D eigenvalue weighted by Gasteiger charge is -2.32. The highest BCUT2D eigenvalue weighted by Crippen LogP contribution is 2.64. The molecule has 15 rings (SSSR count). The van der Waals surface area contributed by atoms with Gasteiger partial charge in [0.25, 0.3) is 0 Å². The molecule has 0 aliphatic heterocycles. The van der Waals surface area contributed by atoms with Crippen LogP contribution in [0.1, 0.15) is 33.4 Å². The zero-order valence-electron chi connectivity index (χ0n) is 39.0. The van der Waals surface area contributed by atoms with E-state index in [2.05, 4.69) is 228 Å². The Bertz CT molecular complexity index is 4500. The summed E-state index contributed by atoms with van der Waals surface area (Å²) in [6.07, 6.45) is 0. The van der Waals surface area contributed by atoms with Crippen LogP contribution in [-0.2, 0) is 5.41 Å². The van der Waals surface area contributed by atoms with Crippen LogP contribution >= 0.6 is 22.7 Å². The van der Waals surface area contributed by atoms with Gasteiger partial charge in [0.2, 0.25) is 0 Å². The maximum absolute atomic E-state index is 9.88. The standard InChI is InChI=1S/C67H38N4S2/c68-39-41-17-22-45(23-18-41)70(49-28-31-56-54-11-3-7-15-63(54)72-65(56)37-49)47-26-21-43-34-58-53-30-27-48(36-62(53)67(61(58)35-44(43)33-47)59-13-5-1-9-51(59)52-10-2-6-14-60(52)67)71(46-24-19-42(40-69)20-25-46)50-29-32-57-55-12-4-8-16-64(55)73-66(57)38-50/h1-38H. The number of thiophene rings is 2. The van der Waals surface area contributed by atoms with Gasteiger partial charge in [-0.05, 0) is 177 Å². The molecule has 2 aliphatic rings. The van der Waals surface area contributed by atoms with Gasteiger partial charge in [0.15, 0.2) is 0 Å². The molecule has 73 heavy (non-hydrogen) atoms. The normalized spacial score (nSPS) is 12.7. The first kappa shape index (κ1) is 41.5. The summed E-state index contributed by atoms with van der Waals surface area (Å²) in [5, 5.41) is 27.0. The van der Waals surface area contributed by atoms with E-state index in [1.54, 1.807) is 0 Å². The summed E-state index contributed by atoms with van der Waals surface area (Å²) in [7, 11) is 0. The summed E-state index contributed by atoms with van der Waals surface area (Å²) in [5.41, 5.74) is 16.8. The van der Waals surface area contributed by atoms with Crippen molar-refractivity contribution in [3.8, 4) is 34.4 Å². The molecule has 0 saturated carbocycles. The summed E-state index contributed by atoms with van der Waals surface area (Å²) in [6, 6.07) is 88.2. The van der Waals surface area contributed by atoms with Crippen LogP contribution in [0.2, 0.25) is 0 Å². The van der Waals surface area contributed by atoms with Gasteiger partial charge in [0.05, 0.1) is 28.7 Å². The van der Waals surface area contributed by atoms with Crippen molar-refractivity contribution in [1.82, 2.24) is 0 Å². The van der Waals surface area contributed by atoms with Crippen molar-refractivity contribution >= 4 is 108 Å². The van der Waals surface area contributed by atoms with E-state index >= 15 is 0 Å². The molecule has 4 nitrogen and oxygen atoms in total. The summed E-state index contributed by atoms with van der Waals surface area (Å²) in [4.78, 5) is 4.67. The Morgan fingerprint density at radius 2 is 0.726 bits per heavy atom. The second-order valence-corrected chi connectivity index (χ2v) is 21.2. The topological polar surface area (TPSA) is 54.1 Å². The second-order valence-electron chi connectivity index (χ2n) is 19.0. The highest BCUT2D eigenvalue weighted by molar-refractivity contribution is 7.26. The van der Waals surface area contributed by atoms with E-state index in [1.807, 2.05) is 46.9 Å². The molecule has 2 aliphatic carbocycles. The molecule has 1 spiro atoms. The van der Waals surface area contributed by atoms with E-state index in [-0.39, 0.29) is 0 Å². The minimum absolute atomic E-state index is 0.622. The lowest BCUT2D eigenvalue weighted by Crippen LogP contribution is -2.26. The number of benzene rings is 11. The van der Waals surface area contributed by atoms with Crippen LogP contribution in [0.5, 0.6) is 0 Å². The van der Waals surface area contributed by atoms with Crippen LogP contribution in [0.15, 0.2) is 231 Å². The fourth-order valence-electron chi connectivity index (χ4n) is 12.1. The number of anilines is 6. The molecule has 0 bridgehead atoms. The first-order valence-electron chi connectivity index (χ1n) is 24.4. The lowest BCUT2D eigenvalue weighted by molar-refractivity contribution is 0.795. The molecule has 0 fully saturated rings. The molecule has 13 aromatic rings. The third kappa shape index (κ3) is 6.09. The van der Waals surface area contributed by atoms with Gasteiger partial charge < -0.3 is 9.80 Å². The lowest BCUT2D eigenvalue weighted by atomic mass is 9.70. The highest BCUT2D eigenvalue weighted by atomic mass is 32.1. The van der Waals surface area contributed by atoms with Crippen molar-refractivity contribution in [3.63, 3.8) is 0 Å². The van der Waals surface area contributed by atoms with Crippen LogP contribution in [0.3, 0.4) is 0 Å². The fourth-order valence-corrected chi connectivity index (χ4v) is 14.4. The Morgan fingerprint density at radius 3 is 1.29 bits per heavy atom. The van der Waals surface area contributed by atoms with Gasteiger partial charge in [0, 0.05) is 74.5 Å². The van der Waals surface area contributed by atoms with E-state index in [0.717, 1.165) is 44.9 Å². The van der Waals surface area contributed by atoms with E-state index in [4.69, 9.17) is 0 Å². The SMILES string of the molecule is N#Cc1ccc(N(c2ccc3c(c2)C2(c4ccccc4-c4ccccc42)c2cc4cc(N(c5ccc(C#N)cc5)c5ccc6c(c5)sc5ccccc56)ccc4cc2-3)c2ccc3c(c2)sc2ccccc23)cc1. The van der Waals surface area contributed by atoms with Crippen LogP contribution in [-0.4, -0.2) is 0 Å². The molecule has 0 atom stereocenters. The summed E-state index contributed by atoms with van der Waals surface area (Å²) in [6.45, 7) is 0. The fraction of sp³-hybridized carbons (Fsp3) is 0.0149. The number of nitriles is 2. The number of hydrogen-bond donors (Lipinski definition) is 0. The first-order valence-corrected chi connectivity index (χ1v) is 26.0. The number of nitrogens with zero attached hydrogens (tertiary/aromatic N) is 4. The average molecular weight is 963 g/mol. The predicted molar refractivity (Wildman–Crippen MR) is 305 cm³/mol. The molecule has 0 N–H and O–H groups in total. The van der Waals surface area contributed by atoms with Gasteiger partial charge in [-0.25, -0.2) is 0 Å². The zero-order chi connectivity index (χ0) is 48.4. The smallest absolute Gasteiger partial charge is 0.0991 e. The molecule has 6 heteroatoms. The predicted octanol–water partition coefficient (Wildman–Crippen LogP) is 18.6. The zero-order valence-corrected chi connectivity index (χ0v) is 40.7. The summed E-state index contributed by atoms with van der Waals surface area (Å²) >= 11 is 3.64. The molecule has 338 valence electrons. The van der Waals surface area contributed by atoms with E-state index in [1.165, 1.54) is 84.9 Å². The molecule has 0 unspecified atom stereocenters. The van der Waals surface area contributed by atoms with Crippen molar-refractivity contribution < 1.29 is 0 Å². The van der Waals surface area contributed by atoms with Crippen LogP contribution in [0.25, 0.3) is 73.4 Å². The third-order valence-electron chi connectivity index (χ3n) is 15.3. The molecular formula is C67H38N4S2. The highest BCUT2D eigenvalue weighted by Gasteiger charge is 2.52. The Hall–Kier alpha value is -9.30. The Kier molecular flexibility index (Phi) is 9.01. The van der Waals surface area contributed by atoms with E-state index in [9.17, 15) is 10.5 Å². The molecule has 11 aromatic carbocycles. The largest absolute Gasteiger partial charge is 0.310 e. The van der Waals surface area contributed by atoms with Crippen molar-refractivity contribution in [1.29, 1.82) is 10.5 Å². The molecule has 2 aromatic heterocycles. The van der Waals surface area contributed by atoms with Crippen molar-refractivity contribution in [3.05, 3.63) is 264 Å². The molecule has 0 amide bonds. The van der Waals surface area contributed by atoms with Crippen molar-refractivity contribution in [2.24, 2.45) is 0 Å². The molecule has 0 radical (unpaired) electrons. The minimum Gasteiger partial charge on any atom is -0.310 e. The number of hydrogen-bond acceptors (Lipinski definition) is 6. The monoisotopic (exact) mass is 962 g/mol. The van der Waals surface area contributed by atoms with Gasteiger partial charge in [-0.1, -0.05) is 109 Å². The maximum Gasteiger partial charge on any atom is 0.0991 e. The van der Waals surface area contributed by atoms with Gasteiger partial charge in [-0.15, -0.1) is 22.7 Å². The van der Waals surface area contributed by atoms with Gasteiger partial charge in [-0.2, -0.15) is 10.5 Å². The minimum atomic E-state index is -0.622. The second kappa shape index (κ2) is 15.9. The van der Waals surface area contributed by atoms with Crippen LogP contribution in [0.4, 0.5) is 34.1 Å². The summed E-state index contributed by atoms with van der Waals surface area (Å²) in [5.74, 6) is 0. The maximum atomic E-state index is 9.88. The van der Waals surface area contributed by atoms with Crippen molar-refractivity contribution in [2.75, 3.05) is 9.80 Å². The van der Waals surface area contributed by atoms with E-state index in [0.29, 0.717) is 11.1 Å². The average Bonchev–Trinajstić information content (AvgIpc) is 4.22.